The van der Waals surface area contributed by atoms with Gasteiger partial charge in [0.05, 0.1) is 12.2 Å². The number of rotatable bonds is 8. The van der Waals surface area contributed by atoms with E-state index in [0.29, 0.717) is 19.6 Å². The van der Waals surface area contributed by atoms with Crippen LogP contribution in [-0.4, -0.2) is 28.2 Å². The van der Waals surface area contributed by atoms with Gasteiger partial charge in [0.1, 0.15) is 0 Å². The highest BCUT2D eigenvalue weighted by atomic mass is 16.3. The van der Waals surface area contributed by atoms with Crippen molar-refractivity contribution in [3.8, 4) is 0 Å². The molecule has 2 unspecified atom stereocenters. The molecule has 3 heteroatoms. The summed E-state index contributed by atoms with van der Waals surface area (Å²) in [5.74, 6) is 0. The van der Waals surface area contributed by atoms with E-state index in [2.05, 4.69) is 17.0 Å². The summed E-state index contributed by atoms with van der Waals surface area (Å²) in [5, 5.41) is 21.3. The standard InChI is InChI=1S/C23H25NO2/c25-22(20-12-6-2-7-13-20)17-24(16-19-10-4-1-5-11-19)18-23(26)21-14-8-3-9-15-21/h1-15,22-23,25-26H,16-18H2. The maximum Gasteiger partial charge on any atom is 0.0917 e. The molecule has 0 saturated carbocycles. The minimum atomic E-state index is -0.595. The molecule has 0 amide bonds. The molecule has 2 N–H and O–H groups in total. The lowest BCUT2D eigenvalue weighted by Crippen LogP contribution is -2.32. The first-order chi connectivity index (χ1) is 12.7. The molecule has 0 radical (unpaired) electrons. The fourth-order valence-corrected chi connectivity index (χ4v) is 3.10. The Morgan fingerprint density at radius 2 is 0.962 bits per heavy atom. The van der Waals surface area contributed by atoms with E-state index in [9.17, 15) is 10.2 Å². The van der Waals surface area contributed by atoms with Crippen LogP contribution in [0.3, 0.4) is 0 Å². The lowest BCUT2D eigenvalue weighted by Gasteiger charge is -2.27. The molecular weight excluding hydrogens is 322 g/mol. The Hall–Kier alpha value is -2.46. The molecule has 0 fully saturated rings. The van der Waals surface area contributed by atoms with Gasteiger partial charge in [0, 0.05) is 19.6 Å². The first kappa shape index (κ1) is 18.3. The van der Waals surface area contributed by atoms with Crippen LogP contribution >= 0.6 is 0 Å². The van der Waals surface area contributed by atoms with E-state index in [1.54, 1.807) is 0 Å². The first-order valence-electron chi connectivity index (χ1n) is 8.94. The molecule has 0 aliphatic rings. The number of aliphatic hydroxyl groups is 2. The topological polar surface area (TPSA) is 43.7 Å². The molecule has 0 saturated heterocycles. The van der Waals surface area contributed by atoms with Crippen LogP contribution in [0.2, 0.25) is 0 Å². The molecule has 0 bridgehead atoms. The van der Waals surface area contributed by atoms with Crippen molar-refractivity contribution in [2.45, 2.75) is 18.8 Å². The van der Waals surface area contributed by atoms with Gasteiger partial charge in [-0.1, -0.05) is 91.0 Å². The van der Waals surface area contributed by atoms with Crippen LogP contribution in [0, 0.1) is 0 Å². The highest BCUT2D eigenvalue weighted by molar-refractivity contribution is 5.20. The minimum Gasteiger partial charge on any atom is -0.387 e. The Bertz CT molecular complexity index is 714. The summed E-state index contributed by atoms with van der Waals surface area (Å²) < 4.78 is 0. The quantitative estimate of drug-likeness (QED) is 0.648. The summed E-state index contributed by atoms with van der Waals surface area (Å²) in [4.78, 5) is 2.10. The van der Waals surface area contributed by atoms with Gasteiger partial charge in [-0.3, -0.25) is 4.90 Å². The average Bonchev–Trinajstić information content (AvgIpc) is 2.70. The Balaban J connectivity index is 1.73. The third kappa shape index (κ3) is 5.27. The molecule has 0 aliphatic carbocycles. The molecular formula is C23H25NO2. The van der Waals surface area contributed by atoms with E-state index >= 15 is 0 Å². The van der Waals surface area contributed by atoms with Crippen molar-refractivity contribution in [3.63, 3.8) is 0 Å². The molecule has 3 rings (SSSR count). The summed E-state index contributed by atoms with van der Waals surface area (Å²) >= 11 is 0. The zero-order valence-corrected chi connectivity index (χ0v) is 14.8. The maximum absolute atomic E-state index is 10.6. The van der Waals surface area contributed by atoms with Crippen LogP contribution < -0.4 is 0 Å². The molecule has 0 aromatic heterocycles. The summed E-state index contributed by atoms with van der Waals surface area (Å²) in [7, 11) is 0. The molecule has 134 valence electrons. The Labute approximate surface area is 155 Å². The zero-order valence-electron chi connectivity index (χ0n) is 14.8. The van der Waals surface area contributed by atoms with Gasteiger partial charge in [-0.15, -0.1) is 0 Å². The molecule has 0 spiro atoms. The van der Waals surface area contributed by atoms with Crippen molar-refractivity contribution in [2.24, 2.45) is 0 Å². The van der Waals surface area contributed by atoms with Crippen molar-refractivity contribution >= 4 is 0 Å². The van der Waals surface area contributed by atoms with Crippen LogP contribution in [0.5, 0.6) is 0 Å². The van der Waals surface area contributed by atoms with Gasteiger partial charge >= 0.3 is 0 Å². The molecule has 26 heavy (non-hydrogen) atoms. The van der Waals surface area contributed by atoms with Crippen molar-refractivity contribution in [2.75, 3.05) is 13.1 Å². The van der Waals surface area contributed by atoms with Crippen molar-refractivity contribution in [3.05, 3.63) is 108 Å². The van der Waals surface area contributed by atoms with Gasteiger partial charge in [0.25, 0.3) is 0 Å². The lowest BCUT2D eigenvalue weighted by atomic mass is 10.1. The molecule has 3 nitrogen and oxygen atoms in total. The SMILES string of the molecule is OC(CN(Cc1ccccc1)CC(O)c1ccccc1)c1ccccc1. The highest BCUT2D eigenvalue weighted by Gasteiger charge is 2.18. The van der Waals surface area contributed by atoms with Crippen molar-refractivity contribution < 1.29 is 10.2 Å². The normalized spacial score (nSPS) is 13.5. The van der Waals surface area contributed by atoms with E-state index < -0.39 is 12.2 Å². The Kier molecular flexibility index (Phi) is 6.56. The van der Waals surface area contributed by atoms with E-state index in [1.165, 1.54) is 0 Å². The zero-order chi connectivity index (χ0) is 18.2. The van der Waals surface area contributed by atoms with Gasteiger partial charge in [-0.25, -0.2) is 0 Å². The summed E-state index contributed by atoms with van der Waals surface area (Å²) in [6.45, 7) is 1.60. The van der Waals surface area contributed by atoms with Crippen LogP contribution in [0.25, 0.3) is 0 Å². The van der Waals surface area contributed by atoms with Gasteiger partial charge in [-0.05, 0) is 16.7 Å². The second-order valence-electron chi connectivity index (χ2n) is 6.53. The Morgan fingerprint density at radius 3 is 1.38 bits per heavy atom. The van der Waals surface area contributed by atoms with Crippen LogP contribution in [0.4, 0.5) is 0 Å². The highest BCUT2D eigenvalue weighted by Crippen LogP contribution is 2.19. The molecule has 0 heterocycles. The third-order valence-corrected chi connectivity index (χ3v) is 4.48. The van der Waals surface area contributed by atoms with E-state index in [4.69, 9.17) is 0 Å². The first-order valence-corrected chi connectivity index (χ1v) is 8.94. The fourth-order valence-electron chi connectivity index (χ4n) is 3.10. The smallest absolute Gasteiger partial charge is 0.0917 e. The van der Waals surface area contributed by atoms with Crippen LogP contribution in [0.15, 0.2) is 91.0 Å². The van der Waals surface area contributed by atoms with Gasteiger partial charge in [0.15, 0.2) is 0 Å². The maximum atomic E-state index is 10.6. The fraction of sp³-hybridized carbons (Fsp3) is 0.217. The number of nitrogens with zero attached hydrogens (tertiary/aromatic N) is 1. The monoisotopic (exact) mass is 347 g/mol. The summed E-state index contributed by atoms with van der Waals surface area (Å²) in [5.41, 5.74) is 2.94. The molecule has 3 aromatic rings. The average molecular weight is 347 g/mol. The van der Waals surface area contributed by atoms with Crippen LogP contribution in [0.1, 0.15) is 28.9 Å². The summed E-state index contributed by atoms with van der Waals surface area (Å²) in [6, 6.07) is 29.5. The predicted octanol–water partition coefficient (Wildman–Crippen LogP) is 3.96. The minimum absolute atomic E-state index is 0.461. The van der Waals surface area contributed by atoms with Gasteiger partial charge < -0.3 is 10.2 Å². The van der Waals surface area contributed by atoms with Gasteiger partial charge in [-0.2, -0.15) is 0 Å². The van der Waals surface area contributed by atoms with Crippen LogP contribution in [-0.2, 0) is 6.54 Å². The number of hydrogen-bond acceptors (Lipinski definition) is 3. The predicted molar refractivity (Wildman–Crippen MR) is 105 cm³/mol. The Morgan fingerprint density at radius 1 is 0.577 bits per heavy atom. The molecule has 3 aromatic carbocycles. The second kappa shape index (κ2) is 9.30. The number of benzene rings is 3. The van der Waals surface area contributed by atoms with E-state index in [0.717, 1.165) is 16.7 Å². The van der Waals surface area contributed by atoms with Crippen molar-refractivity contribution in [1.82, 2.24) is 4.90 Å². The molecule has 2 atom stereocenters. The van der Waals surface area contributed by atoms with E-state index in [1.807, 2.05) is 78.9 Å². The lowest BCUT2D eigenvalue weighted by molar-refractivity contribution is 0.0647. The third-order valence-electron chi connectivity index (χ3n) is 4.48. The van der Waals surface area contributed by atoms with Gasteiger partial charge in [0.2, 0.25) is 0 Å². The van der Waals surface area contributed by atoms with E-state index in [-0.39, 0.29) is 0 Å². The van der Waals surface area contributed by atoms with Crippen molar-refractivity contribution in [1.29, 1.82) is 0 Å². The second-order valence-corrected chi connectivity index (χ2v) is 6.53. The largest absolute Gasteiger partial charge is 0.387 e. The number of aliphatic hydroxyl groups excluding tert-OH is 2. The summed E-state index contributed by atoms with van der Waals surface area (Å²) in [6.07, 6.45) is -1.19. The molecule has 0 aliphatic heterocycles. The number of hydrogen-bond donors (Lipinski definition) is 2.